The van der Waals surface area contributed by atoms with Gasteiger partial charge in [0.25, 0.3) is 0 Å². The summed E-state index contributed by atoms with van der Waals surface area (Å²) in [7, 11) is 0. The molecule has 2 heterocycles. The molecule has 0 radical (unpaired) electrons. The highest BCUT2D eigenvalue weighted by atomic mass is 35.5. The van der Waals surface area contributed by atoms with Gasteiger partial charge in [0.15, 0.2) is 0 Å². The van der Waals surface area contributed by atoms with E-state index in [0.29, 0.717) is 40.0 Å². The highest BCUT2D eigenvalue weighted by molar-refractivity contribution is 6.43. The van der Waals surface area contributed by atoms with E-state index >= 15 is 0 Å². The number of anilines is 1. The molecule has 9 nitrogen and oxygen atoms in total. The Balaban J connectivity index is 1.80. The normalized spacial score (nSPS) is 11.8. The molecule has 182 valence electrons. The molecule has 35 heavy (non-hydrogen) atoms. The van der Waals surface area contributed by atoms with E-state index in [9.17, 15) is 4.79 Å². The Bertz CT molecular complexity index is 1280. The van der Waals surface area contributed by atoms with Crippen LogP contribution in [0.5, 0.6) is 0 Å². The molecule has 0 aliphatic heterocycles. The number of hydrogen-bond acceptors (Lipinski definition) is 8. The van der Waals surface area contributed by atoms with Gasteiger partial charge < -0.3 is 16.2 Å². The lowest BCUT2D eigenvalue weighted by atomic mass is 9.84. The van der Waals surface area contributed by atoms with Gasteiger partial charge in [0.2, 0.25) is 5.95 Å². The van der Waals surface area contributed by atoms with E-state index < -0.39 is 5.97 Å². The highest BCUT2D eigenvalue weighted by Gasteiger charge is 2.23. The predicted octanol–water partition coefficient (Wildman–Crippen LogP) is 5.69. The molecule has 0 saturated heterocycles. The number of nitrogen functional groups attached to an aromatic ring is 1. The Hall–Kier alpha value is -3.56. The number of benzene rings is 1. The molecule has 0 fully saturated rings. The zero-order valence-electron chi connectivity index (χ0n) is 19.2. The van der Waals surface area contributed by atoms with Gasteiger partial charge in [0, 0.05) is 29.3 Å². The number of halogens is 2. The van der Waals surface area contributed by atoms with Gasteiger partial charge in [0.05, 0.1) is 33.7 Å². The molecule has 3 rings (SSSR count). The molecule has 0 saturated carbocycles. The van der Waals surface area contributed by atoms with Crippen molar-refractivity contribution in [2.45, 2.75) is 38.6 Å². The van der Waals surface area contributed by atoms with Crippen molar-refractivity contribution in [3.8, 4) is 11.3 Å². The zero-order chi connectivity index (χ0) is 25.6. The number of nitrogens with zero attached hydrogens (tertiary/aromatic N) is 4. The summed E-state index contributed by atoms with van der Waals surface area (Å²) < 4.78 is 0. The van der Waals surface area contributed by atoms with Gasteiger partial charge in [-0.15, -0.1) is 0 Å². The largest absolute Gasteiger partial charge is 0.481 e. The van der Waals surface area contributed by atoms with Crippen molar-refractivity contribution in [3.63, 3.8) is 0 Å². The number of nitrogens with one attached hydrogen (secondary N) is 2. The number of rotatable bonds is 10. The lowest BCUT2D eigenvalue weighted by molar-refractivity contribution is -0.137. The van der Waals surface area contributed by atoms with E-state index in [1.807, 2.05) is 32.0 Å². The summed E-state index contributed by atoms with van der Waals surface area (Å²) in [5, 5.41) is 16.4. The molecule has 3 aromatic rings. The Labute approximate surface area is 212 Å². The first-order valence-electron chi connectivity index (χ1n) is 10.7. The Kier molecular flexibility index (Phi) is 8.37. The average Bonchev–Trinajstić information content (AvgIpc) is 2.82. The lowest BCUT2D eigenvalue weighted by Crippen LogP contribution is -2.21. The number of carboxylic acids is 1. The zero-order valence-corrected chi connectivity index (χ0v) is 20.7. The first-order valence-corrected chi connectivity index (χ1v) is 11.4. The summed E-state index contributed by atoms with van der Waals surface area (Å²) >= 11 is 12.4. The lowest BCUT2D eigenvalue weighted by Gasteiger charge is -2.23. The van der Waals surface area contributed by atoms with Crippen LogP contribution in [0.15, 0.2) is 53.8 Å². The SMILES string of the molecule is CC(C)(CCC(=O)O)c1cccc(CN/C=C(\N=N)c2cc(-c3cccc(Cl)c3Cl)nc(N)n2)n1. The number of aliphatic carboxylic acids is 1. The molecule has 0 atom stereocenters. The van der Waals surface area contributed by atoms with Gasteiger partial charge in [-0.2, -0.15) is 5.11 Å². The number of nitrogens with two attached hydrogens (primary N) is 1. The van der Waals surface area contributed by atoms with E-state index in [1.165, 1.54) is 0 Å². The number of pyridine rings is 1. The topological polar surface area (TPSA) is 150 Å². The molecule has 11 heteroatoms. The minimum absolute atomic E-state index is 0.000974. The van der Waals surface area contributed by atoms with Crippen molar-refractivity contribution in [1.29, 1.82) is 5.53 Å². The van der Waals surface area contributed by atoms with E-state index in [2.05, 4.69) is 25.4 Å². The van der Waals surface area contributed by atoms with Crippen LogP contribution in [0.3, 0.4) is 0 Å². The van der Waals surface area contributed by atoms with Crippen LogP contribution in [0.1, 0.15) is 43.8 Å². The third kappa shape index (κ3) is 6.74. The number of carboxylic acid groups (broad SMARTS) is 1. The summed E-state index contributed by atoms with van der Waals surface area (Å²) in [5.74, 6) is -0.833. The van der Waals surface area contributed by atoms with Crippen LogP contribution in [0.25, 0.3) is 17.0 Å². The highest BCUT2D eigenvalue weighted by Crippen LogP contribution is 2.33. The molecular formula is C24H25Cl2N7O2. The first kappa shape index (κ1) is 26.1. The minimum atomic E-state index is -0.834. The van der Waals surface area contributed by atoms with Crippen molar-refractivity contribution in [1.82, 2.24) is 20.3 Å². The van der Waals surface area contributed by atoms with Gasteiger partial charge in [0.1, 0.15) is 5.70 Å². The van der Waals surface area contributed by atoms with Crippen LogP contribution in [-0.4, -0.2) is 26.0 Å². The second-order valence-corrected chi connectivity index (χ2v) is 9.20. The maximum absolute atomic E-state index is 11.0. The predicted molar refractivity (Wildman–Crippen MR) is 136 cm³/mol. The fourth-order valence-corrected chi connectivity index (χ4v) is 3.75. The standard InChI is InChI=1S/C24H25Cl2N7O2/c1-24(2,10-9-21(34)35)20-8-3-5-14(30-20)12-29-13-19(33-28)18-11-17(31-23(27)32-18)15-6-4-7-16(25)22(15)26/h3-8,11,13,28-29H,9-10,12H2,1-2H3,(H,34,35)(H2,27,31,32)/b19-13-,33-28?. The molecule has 0 unspecified atom stereocenters. The summed E-state index contributed by atoms with van der Waals surface area (Å²) in [6, 6.07) is 12.4. The fourth-order valence-electron chi connectivity index (χ4n) is 3.35. The van der Waals surface area contributed by atoms with Crippen LogP contribution in [0, 0.1) is 5.53 Å². The molecule has 0 bridgehead atoms. The molecule has 0 spiro atoms. The second-order valence-electron chi connectivity index (χ2n) is 8.41. The Morgan fingerprint density at radius 3 is 2.66 bits per heavy atom. The molecular weight excluding hydrogens is 489 g/mol. The van der Waals surface area contributed by atoms with Crippen molar-refractivity contribution < 1.29 is 9.90 Å². The summed E-state index contributed by atoms with van der Waals surface area (Å²) in [6.45, 7) is 4.29. The molecule has 0 aliphatic carbocycles. The van der Waals surface area contributed by atoms with Crippen molar-refractivity contribution >= 4 is 40.8 Å². The van der Waals surface area contributed by atoms with Gasteiger partial charge in [-0.25, -0.2) is 15.5 Å². The van der Waals surface area contributed by atoms with Gasteiger partial charge >= 0.3 is 5.97 Å². The van der Waals surface area contributed by atoms with Gasteiger partial charge in [-0.3, -0.25) is 9.78 Å². The second kappa shape index (κ2) is 11.2. The van der Waals surface area contributed by atoms with Crippen LogP contribution in [-0.2, 0) is 16.8 Å². The van der Waals surface area contributed by atoms with E-state index in [4.69, 9.17) is 39.6 Å². The number of hydrogen-bond donors (Lipinski definition) is 4. The number of aromatic nitrogens is 3. The van der Waals surface area contributed by atoms with Crippen LogP contribution in [0.2, 0.25) is 10.0 Å². The third-order valence-corrected chi connectivity index (χ3v) is 6.16. The van der Waals surface area contributed by atoms with Crippen LogP contribution < -0.4 is 11.1 Å². The van der Waals surface area contributed by atoms with E-state index in [0.717, 1.165) is 11.4 Å². The molecule has 1 aromatic carbocycles. The van der Waals surface area contributed by atoms with E-state index in [1.54, 1.807) is 30.5 Å². The maximum Gasteiger partial charge on any atom is 0.303 e. The summed E-state index contributed by atoms with van der Waals surface area (Å²) in [6.07, 6.45) is 2.09. The van der Waals surface area contributed by atoms with Crippen molar-refractivity contribution in [2.75, 3.05) is 5.73 Å². The monoisotopic (exact) mass is 513 g/mol. The molecule has 0 amide bonds. The Morgan fingerprint density at radius 2 is 1.94 bits per heavy atom. The molecule has 2 aromatic heterocycles. The fraction of sp³-hybridized carbons (Fsp3) is 0.250. The maximum atomic E-state index is 11.0. The van der Waals surface area contributed by atoms with Crippen LogP contribution >= 0.6 is 23.2 Å². The average molecular weight is 514 g/mol. The number of carbonyl (C=O) groups is 1. The molecule has 5 N–H and O–H groups in total. The first-order chi connectivity index (χ1) is 16.6. The quantitative estimate of drug-likeness (QED) is 0.254. The molecule has 0 aliphatic rings. The van der Waals surface area contributed by atoms with Crippen LogP contribution in [0.4, 0.5) is 5.95 Å². The van der Waals surface area contributed by atoms with Gasteiger partial charge in [-0.05, 0) is 30.7 Å². The minimum Gasteiger partial charge on any atom is -0.481 e. The smallest absolute Gasteiger partial charge is 0.303 e. The summed E-state index contributed by atoms with van der Waals surface area (Å²) in [5.41, 5.74) is 16.3. The van der Waals surface area contributed by atoms with Crippen molar-refractivity contribution in [3.05, 3.63) is 75.8 Å². The summed E-state index contributed by atoms with van der Waals surface area (Å²) in [4.78, 5) is 24.1. The Morgan fingerprint density at radius 1 is 1.20 bits per heavy atom. The third-order valence-electron chi connectivity index (χ3n) is 5.34. The van der Waals surface area contributed by atoms with Crippen molar-refractivity contribution in [2.24, 2.45) is 5.11 Å². The van der Waals surface area contributed by atoms with E-state index in [-0.39, 0.29) is 23.5 Å². The van der Waals surface area contributed by atoms with Gasteiger partial charge in [-0.1, -0.05) is 55.2 Å².